The second-order valence-corrected chi connectivity index (χ2v) is 11.0. The van der Waals surface area contributed by atoms with Crippen molar-refractivity contribution in [3.63, 3.8) is 0 Å². The van der Waals surface area contributed by atoms with Crippen LogP contribution in [-0.4, -0.2) is 72.0 Å². The topological polar surface area (TPSA) is 108 Å². The molecule has 0 spiro atoms. The monoisotopic (exact) mass is 670 g/mol. The lowest BCUT2D eigenvalue weighted by molar-refractivity contribution is -0.137. The average molecular weight is 671 g/mol. The van der Waals surface area contributed by atoms with E-state index in [-0.39, 0.29) is 37.8 Å². The Bertz CT molecular complexity index is 1350. The van der Waals surface area contributed by atoms with Crippen LogP contribution < -0.4 is 14.8 Å². The molecule has 4 rings (SSSR count). The molecule has 3 N–H and O–H groups in total. The molecule has 0 unspecified atom stereocenters. The van der Waals surface area contributed by atoms with E-state index in [9.17, 15) is 19.8 Å². The van der Waals surface area contributed by atoms with E-state index in [1.165, 1.54) is 0 Å². The quantitative estimate of drug-likeness (QED) is 0.255. The summed E-state index contributed by atoms with van der Waals surface area (Å²) in [6, 6.07) is 23.8. The number of halogens is 1. The zero-order valence-corrected chi connectivity index (χ0v) is 25.1. The van der Waals surface area contributed by atoms with Gasteiger partial charge < -0.3 is 29.9 Å². The van der Waals surface area contributed by atoms with E-state index >= 15 is 0 Å². The summed E-state index contributed by atoms with van der Waals surface area (Å²) in [5.41, 5.74) is 2.23. The van der Waals surface area contributed by atoms with Crippen LogP contribution in [-0.2, 0) is 22.4 Å². The number of hydrogen-bond donors (Lipinski definition) is 3. The summed E-state index contributed by atoms with van der Waals surface area (Å²) in [5.74, 6) is 0.769. The van der Waals surface area contributed by atoms with E-state index in [1.807, 2.05) is 72.8 Å². The number of ether oxygens (including phenoxy) is 2. The lowest BCUT2D eigenvalue weighted by Gasteiger charge is -2.40. The number of nitrogens with zero attached hydrogens (tertiary/aromatic N) is 1. The van der Waals surface area contributed by atoms with Crippen molar-refractivity contribution in [1.29, 1.82) is 0 Å². The average Bonchev–Trinajstić information content (AvgIpc) is 2.99. The van der Waals surface area contributed by atoms with Crippen LogP contribution in [0.15, 0.2) is 90.5 Å². The van der Waals surface area contributed by atoms with Crippen molar-refractivity contribution in [3.05, 3.63) is 105 Å². The maximum absolute atomic E-state index is 13.9. The fourth-order valence-electron chi connectivity index (χ4n) is 4.89. The predicted molar refractivity (Wildman–Crippen MR) is 165 cm³/mol. The molecule has 0 heterocycles. The van der Waals surface area contributed by atoms with Crippen LogP contribution in [0, 0.1) is 3.57 Å². The number of amides is 2. The number of aliphatic hydroxyl groups excluding tert-OH is 2. The minimum atomic E-state index is -1.09. The van der Waals surface area contributed by atoms with Crippen molar-refractivity contribution < 1.29 is 29.3 Å². The van der Waals surface area contributed by atoms with Crippen molar-refractivity contribution in [3.8, 4) is 11.5 Å². The van der Waals surface area contributed by atoms with E-state index in [0.29, 0.717) is 24.3 Å². The highest BCUT2D eigenvalue weighted by molar-refractivity contribution is 14.1. The van der Waals surface area contributed by atoms with Crippen molar-refractivity contribution in [2.24, 2.45) is 0 Å². The fraction of sp³-hybridized carbons (Fsp3) is 0.312. The van der Waals surface area contributed by atoms with E-state index in [4.69, 9.17) is 9.47 Å². The second-order valence-electron chi connectivity index (χ2n) is 9.80. The highest BCUT2D eigenvalue weighted by atomic mass is 127. The molecule has 216 valence electrons. The summed E-state index contributed by atoms with van der Waals surface area (Å²) >= 11 is 2.16. The first-order chi connectivity index (χ1) is 19.9. The summed E-state index contributed by atoms with van der Waals surface area (Å²) in [6.07, 6.45) is 0.481. The highest BCUT2D eigenvalue weighted by Gasteiger charge is 2.40. The first-order valence-corrected chi connectivity index (χ1v) is 14.6. The van der Waals surface area contributed by atoms with Gasteiger partial charge in [0.2, 0.25) is 11.8 Å². The van der Waals surface area contributed by atoms with Gasteiger partial charge in [0.05, 0.1) is 29.7 Å². The van der Waals surface area contributed by atoms with Gasteiger partial charge in [0.1, 0.15) is 23.7 Å². The molecule has 0 aliphatic heterocycles. The highest BCUT2D eigenvalue weighted by Crippen LogP contribution is 2.30. The summed E-state index contributed by atoms with van der Waals surface area (Å²) in [5, 5.41) is 23.6. The Morgan fingerprint density at radius 1 is 1.02 bits per heavy atom. The van der Waals surface area contributed by atoms with Gasteiger partial charge in [-0.05, 0) is 70.5 Å². The van der Waals surface area contributed by atoms with Gasteiger partial charge in [-0.2, -0.15) is 0 Å². The van der Waals surface area contributed by atoms with E-state index in [2.05, 4.69) is 27.9 Å². The number of carbonyl (C=O) groups is 2. The molecule has 0 saturated heterocycles. The Hall–Kier alpha value is -3.41. The van der Waals surface area contributed by atoms with Crippen molar-refractivity contribution in [2.45, 2.75) is 37.5 Å². The number of aliphatic hydroxyl groups is 2. The summed E-state index contributed by atoms with van der Waals surface area (Å²) in [4.78, 5) is 28.6. The Morgan fingerprint density at radius 3 is 2.49 bits per heavy atom. The van der Waals surface area contributed by atoms with Gasteiger partial charge in [-0.25, -0.2) is 0 Å². The van der Waals surface area contributed by atoms with Crippen molar-refractivity contribution in [1.82, 2.24) is 10.2 Å². The molecule has 0 aromatic heterocycles. The standard InChI is InChI=1S/C32H35IN2O6/c1-40-25-11-7-10-23(18-25)14-16-35(30(37)19-22-8-3-2-4-9-22)27-20-24(32(39)34-15-17-36)21-29(31(27)38)41-28-13-6-5-12-26(28)33/h2-13,18,21,27,29,31,36,38H,14-17,19-20H2,1H3,(H,34,39)/t27-,29+,31+/m1/s1. The number of benzene rings is 3. The normalized spacial score (nSPS) is 18.2. The Balaban J connectivity index is 1.66. The van der Waals surface area contributed by atoms with Crippen LogP contribution in [0.5, 0.6) is 11.5 Å². The molecule has 1 aliphatic carbocycles. The molecular weight excluding hydrogens is 635 g/mol. The molecule has 3 atom stereocenters. The molecule has 3 aromatic rings. The molecule has 3 aromatic carbocycles. The van der Waals surface area contributed by atoms with Crippen LogP contribution in [0.3, 0.4) is 0 Å². The minimum Gasteiger partial charge on any atom is -0.497 e. The Labute approximate surface area is 254 Å². The van der Waals surface area contributed by atoms with Gasteiger partial charge in [0.15, 0.2) is 0 Å². The molecular formula is C32H35IN2O6. The third kappa shape index (κ3) is 8.31. The largest absolute Gasteiger partial charge is 0.497 e. The molecule has 41 heavy (non-hydrogen) atoms. The van der Waals surface area contributed by atoms with Crippen LogP contribution >= 0.6 is 22.6 Å². The molecule has 9 heteroatoms. The number of para-hydroxylation sites is 1. The van der Waals surface area contributed by atoms with Crippen molar-refractivity contribution in [2.75, 3.05) is 26.8 Å². The predicted octanol–water partition coefficient (Wildman–Crippen LogP) is 3.53. The fourth-order valence-corrected chi connectivity index (χ4v) is 5.41. The van der Waals surface area contributed by atoms with Crippen LogP contribution in [0.25, 0.3) is 0 Å². The van der Waals surface area contributed by atoms with Crippen LogP contribution in [0.4, 0.5) is 0 Å². The lowest BCUT2D eigenvalue weighted by atomic mass is 9.87. The maximum atomic E-state index is 13.9. The zero-order chi connectivity index (χ0) is 29.2. The van der Waals surface area contributed by atoms with Gasteiger partial charge in [0, 0.05) is 25.1 Å². The molecule has 0 radical (unpaired) electrons. The van der Waals surface area contributed by atoms with Gasteiger partial charge in [-0.1, -0.05) is 54.6 Å². The number of nitrogens with one attached hydrogen (secondary N) is 1. The van der Waals surface area contributed by atoms with Gasteiger partial charge in [-0.3, -0.25) is 9.59 Å². The number of methoxy groups -OCH3 is 1. The molecule has 0 fully saturated rings. The molecule has 2 amide bonds. The first-order valence-electron chi connectivity index (χ1n) is 13.5. The summed E-state index contributed by atoms with van der Waals surface area (Å²) in [7, 11) is 1.61. The van der Waals surface area contributed by atoms with E-state index in [1.54, 1.807) is 24.2 Å². The third-order valence-corrected chi connectivity index (χ3v) is 7.90. The third-order valence-electron chi connectivity index (χ3n) is 7.01. The zero-order valence-electron chi connectivity index (χ0n) is 22.9. The molecule has 0 bridgehead atoms. The second kappa shape index (κ2) is 15.0. The van der Waals surface area contributed by atoms with Gasteiger partial charge >= 0.3 is 0 Å². The van der Waals surface area contributed by atoms with E-state index < -0.39 is 18.2 Å². The van der Waals surface area contributed by atoms with Crippen LogP contribution in [0.2, 0.25) is 0 Å². The first kappa shape index (κ1) is 30.5. The smallest absolute Gasteiger partial charge is 0.247 e. The minimum absolute atomic E-state index is 0.0952. The SMILES string of the molecule is COc1cccc(CCN(C(=O)Cc2ccccc2)[C@@H]2CC(C(=O)NCCO)=C[C@H](Oc3ccccc3I)[C@H]2O)c1. The molecule has 1 aliphatic rings. The van der Waals surface area contributed by atoms with Crippen LogP contribution in [0.1, 0.15) is 17.5 Å². The van der Waals surface area contributed by atoms with Gasteiger partial charge in [0.25, 0.3) is 0 Å². The Kier molecular flexibility index (Phi) is 11.2. The summed E-state index contributed by atoms with van der Waals surface area (Å²) < 4.78 is 12.5. The van der Waals surface area contributed by atoms with E-state index in [0.717, 1.165) is 20.4 Å². The summed E-state index contributed by atoms with van der Waals surface area (Å²) in [6.45, 7) is 0.217. The maximum Gasteiger partial charge on any atom is 0.247 e. The number of rotatable bonds is 12. The van der Waals surface area contributed by atoms with Gasteiger partial charge in [-0.15, -0.1) is 0 Å². The Morgan fingerprint density at radius 2 is 1.76 bits per heavy atom. The van der Waals surface area contributed by atoms with Crippen molar-refractivity contribution >= 4 is 34.4 Å². The number of carbonyl (C=O) groups excluding carboxylic acids is 2. The number of hydrogen-bond acceptors (Lipinski definition) is 6. The molecule has 0 saturated carbocycles. The molecule has 8 nitrogen and oxygen atoms in total. The lowest BCUT2D eigenvalue weighted by Crippen LogP contribution is -2.56.